The maximum atomic E-state index is 12.3. The van der Waals surface area contributed by atoms with Gasteiger partial charge in [-0.25, -0.2) is 4.79 Å². The van der Waals surface area contributed by atoms with Crippen LogP contribution < -0.4 is 5.32 Å². The van der Waals surface area contributed by atoms with Gasteiger partial charge in [-0.1, -0.05) is 6.08 Å². The summed E-state index contributed by atoms with van der Waals surface area (Å²) in [6.07, 6.45) is -3.34. The number of carbonyl (C=O) groups excluding carboxylic acids is 4. The van der Waals surface area contributed by atoms with Crippen molar-refractivity contribution < 1.29 is 47.6 Å². The van der Waals surface area contributed by atoms with Crippen LogP contribution in [0.5, 0.6) is 0 Å². The molecule has 1 amide bonds. The summed E-state index contributed by atoms with van der Waals surface area (Å²) in [6, 6.07) is -1.27. The molecule has 0 spiro atoms. The Labute approximate surface area is 205 Å². The van der Waals surface area contributed by atoms with Gasteiger partial charge in [0.05, 0.1) is 6.61 Å². The lowest BCUT2D eigenvalue weighted by Crippen LogP contribution is -2.67. The average Bonchev–Trinajstić information content (AvgIpc) is 2.65. The van der Waals surface area contributed by atoms with Crippen molar-refractivity contribution in [3.05, 3.63) is 12.7 Å². The third-order valence-electron chi connectivity index (χ3n) is 4.03. The van der Waals surface area contributed by atoms with Crippen LogP contribution in [0.3, 0.4) is 0 Å². The van der Waals surface area contributed by atoms with Gasteiger partial charge in [-0.15, -0.1) is 6.58 Å². The van der Waals surface area contributed by atoms with Gasteiger partial charge in [-0.3, -0.25) is 14.4 Å². The summed E-state index contributed by atoms with van der Waals surface area (Å²) in [5.41, 5.74) is 0. The van der Waals surface area contributed by atoms with Crippen molar-refractivity contribution in [2.75, 3.05) is 13.2 Å². The molecule has 1 aliphatic rings. The van der Waals surface area contributed by atoms with Crippen LogP contribution in [-0.2, 0) is 42.8 Å². The van der Waals surface area contributed by atoms with Crippen molar-refractivity contribution in [3.8, 4) is 0 Å². The van der Waals surface area contributed by atoms with Crippen molar-refractivity contribution >= 4 is 58.8 Å². The van der Waals surface area contributed by atoms with Crippen molar-refractivity contribution in [2.24, 2.45) is 0 Å². The Kier molecular flexibility index (Phi) is 12.2. The molecule has 0 radical (unpaired) electrons. The Bertz CT molecular complexity index is 714. The number of carbonyl (C=O) groups is 4. The second-order valence-corrected chi connectivity index (χ2v) is 8.98. The SMILES string of the molecule is C=CCCCO[C@@H]1O[C@H](COC(C)=O)[C@@H](OC(C)=O)[C@H](OC(C)=O)[C@H]1NC(=O)OC(Cl)(Cl)Cl. The van der Waals surface area contributed by atoms with E-state index in [0.29, 0.717) is 12.8 Å². The van der Waals surface area contributed by atoms with Crippen LogP contribution in [-0.4, -0.2) is 71.8 Å². The molecule has 188 valence electrons. The average molecular weight is 535 g/mol. The number of ether oxygens (including phenoxy) is 6. The Morgan fingerprint density at radius 1 is 1.03 bits per heavy atom. The van der Waals surface area contributed by atoms with Gasteiger partial charge in [-0.2, -0.15) is 0 Å². The molecule has 1 saturated heterocycles. The van der Waals surface area contributed by atoms with Crippen molar-refractivity contribution in [1.82, 2.24) is 5.32 Å². The third kappa shape index (κ3) is 11.3. The number of amides is 1. The predicted molar refractivity (Wildman–Crippen MR) is 115 cm³/mol. The minimum absolute atomic E-state index is 0.152. The molecule has 0 aromatic carbocycles. The predicted octanol–water partition coefficient (Wildman–Crippen LogP) is 2.54. The summed E-state index contributed by atoms with van der Waals surface area (Å²) >= 11 is 16.5. The van der Waals surface area contributed by atoms with Crippen molar-refractivity contribution in [3.63, 3.8) is 0 Å². The highest BCUT2D eigenvalue weighted by Crippen LogP contribution is 2.30. The first kappa shape index (κ1) is 29.2. The van der Waals surface area contributed by atoms with Crippen LogP contribution in [0, 0.1) is 0 Å². The molecule has 33 heavy (non-hydrogen) atoms. The lowest BCUT2D eigenvalue weighted by molar-refractivity contribution is -0.277. The number of alkyl carbamates (subject to hydrolysis) is 1. The Morgan fingerprint density at radius 3 is 2.15 bits per heavy atom. The summed E-state index contributed by atoms with van der Waals surface area (Å²) < 4.78 is 29.4. The first-order chi connectivity index (χ1) is 15.3. The molecule has 0 aromatic rings. The monoisotopic (exact) mass is 533 g/mol. The van der Waals surface area contributed by atoms with Crippen LogP contribution in [0.1, 0.15) is 33.6 Å². The molecule has 1 rings (SSSR count). The van der Waals surface area contributed by atoms with Crippen LogP contribution in [0.2, 0.25) is 0 Å². The molecule has 1 aliphatic heterocycles. The normalized spacial score (nSPS) is 24.8. The van der Waals surface area contributed by atoms with Crippen LogP contribution in [0.25, 0.3) is 0 Å². The van der Waals surface area contributed by atoms with Gasteiger partial charge >= 0.3 is 28.0 Å². The van der Waals surface area contributed by atoms with E-state index in [-0.39, 0.29) is 13.2 Å². The number of unbranched alkanes of at least 4 members (excludes halogenated alkanes) is 1. The molecule has 0 aliphatic carbocycles. The lowest BCUT2D eigenvalue weighted by atomic mass is 9.96. The van der Waals surface area contributed by atoms with E-state index in [0.717, 1.165) is 13.8 Å². The number of hydrogen-bond acceptors (Lipinski definition) is 10. The zero-order valence-electron chi connectivity index (χ0n) is 18.2. The fourth-order valence-corrected chi connectivity index (χ4v) is 3.11. The van der Waals surface area contributed by atoms with Gasteiger partial charge in [0.1, 0.15) is 18.8 Å². The number of esters is 3. The largest absolute Gasteiger partial charge is 0.463 e. The second kappa shape index (κ2) is 13.8. The van der Waals surface area contributed by atoms with E-state index in [1.165, 1.54) is 6.92 Å². The van der Waals surface area contributed by atoms with Crippen LogP contribution in [0.15, 0.2) is 12.7 Å². The zero-order chi connectivity index (χ0) is 25.2. The topological polar surface area (TPSA) is 136 Å². The minimum atomic E-state index is -2.38. The summed E-state index contributed by atoms with van der Waals surface area (Å²) in [4.78, 5) is 47.2. The van der Waals surface area contributed by atoms with Gasteiger partial charge in [0, 0.05) is 20.8 Å². The molecule has 14 heteroatoms. The van der Waals surface area contributed by atoms with Gasteiger partial charge < -0.3 is 33.7 Å². The van der Waals surface area contributed by atoms with E-state index in [1.54, 1.807) is 6.08 Å². The molecular formula is C19H26Cl3NO10. The highest BCUT2D eigenvalue weighted by molar-refractivity contribution is 6.66. The number of halogens is 3. The smallest absolute Gasteiger partial charge is 0.411 e. The summed E-state index contributed by atoms with van der Waals surface area (Å²) in [7, 11) is 0. The third-order valence-corrected chi connectivity index (χ3v) is 4.26. The Morgan fingerprint density at radius 2 is 1.64 bits per heavy atom. The van der Waals surface area contributed by atoms with E-state index in [2.05, 4.69) is 16.6 Å². The molecular weight excluding hydrogens is 509 g/mol. The van der Waals surface area contributed by atoms with E-state index in [1.807, 2.05) is 0 Å². The molecule has 1 heterocycles. The molecule has 1 N–H and O–H groups in total. The quantitative estimate of drug-likeness (QED) is 0.146. The van der Waals surface area contributed by atoms with Crippen molar-refractivity contribution in [2.45, 2.75) is 68.2 Å². The number of nitrogens with one attached hydrogen (secondary N) is 1. The number of alkyl halides is 3. The number of rotatable bonds is 10. The number of allylic oxidation sites excluding steroid dienone is 1. The highest BCUT2D eigenvalue weighted by atomic mass is 35.6. The molecule has 0 bridgehead atoms. The molecule has 0 aromatic heterocycles. The summed E-state index contributed by atoms with van der Waals surface area (Å²) in [6.45, 7) is 6.81. The maximum absolute atomic E-state index is 12.3. The summed E-state index contributed by atoms with van der Waals surface area (Å²) in [5.74, 6) is -2.14. The van der Waals surface area contributed by atoms with Gasteiger partial charge in [-0.05, 0) is 47.6 Å². The van der Waals surface area contributed by atoms with Crippen molar-refractivity contribution in [1.29, 1.82) is 0 Å². The molecule has 1 fully saturated rings. The Hall–Kier alpha value is -1.79. The lowest BCUT2D eigenvalue weighted by Gasteiger charge is -2.44. The standard InChI is InChI=1S/C19H26Cl3NO10/c1-5-6-7-8-28-17-14(23-18(27)33-19(20,21)22)16(31-12(4)26)15(30-11(3)25)13(32-17)9-29-10(2)24/h5,13-17H,1,6-9H2,2-4H3,(H,23,27)/t13-,14-,15-,16-,17-/m1/s1. The highest BCUT2D eigenvalue weighted by Gasteiger charge is 2.52. The van der Waals surface area contributed by atoms with Crippen LogP contribution >= 0.6 is 34.8 Å². The number of hydrogen-bond donors (Lipinski definition) is 1. The molecule has 5 atom stereocenters. The van der Waals surface area contributed by atoms with Gasteiger partial charge in [0.15, 0.2) is 18.5 Å². The van der Waals surface area contributed by atoms with E-state index >= 15 is 0 Å². The minimum Gasteiger partial charge on any atom is -0.463 e. The first-order valence-electron chi connectivity index (χ1n) is 9.76. The second-order valence-electron chi connectivity index (χ2n) is 6.80. The van der Waals surface area contributed by atoms with E-state index < -0.39 is 58.6 Å². The fraction of sp³-hybridized carbons (Fsp3) is 0.684. The van der Waals surface area contributed by atoms with E-state index in [9.17, 15) is 19.2 Å². The molecule has 0 unspecified atom stereocenters. The van der Waals surface area contributed by atoms with Crippen LogP contribution in [0.4, 0.5) is 4.79 Å². The summed E-state index contributed by atoms with van der Waals surface area (Å²) in [5, 5.41) is 2.35. The van der Waals surface area contributed by atoms with Gasteiger partial charge in [0.25, 0.3) is 0 Å². The fourth-order valence-electron chi connectivity index (χ4n) is 2.90. The van der Waals surface area contributed by atoms with Gasteiger partial charge in [0.2, 0.25) is 0 Å². The zero-order valence-corrected chi connectivity index (χ0v) is 20.5. The Balaban J connectivity index is 3.29. The molecule has 11 nitrogen and oxygen atoms in total. The molecule has 0 saturated carbocycles. The maximum Gasteiger partial charge on any atom is 0.411 e. The van der Waals surface area contributed by atoms with E-state index in [4.69, 9.17) is 58.5 Å². The first-order valence-corrected chi connectivity index (χ1v) is 10.9.